The number of halogens is 4. The van der Waals surface area contributed by atoms with E-state index in [0.717, 1.165) is 0 Å². The zero-order valence-corrected chi connectivity index (χ0v) is 10.5. The fourth-order valence-electron chi connectivity index (χ4n) is 0.884. The van der Waals surface area contributed by atoms with E-state index in [-0.39, 0.29) is 12.1 Å². The number of alkyl halides is 2. The molecule has 14 heavy (non-hydrogen) atoms. The van der Waals surface area contributed by atoms with E-state index in [4.69, 9.17) is 5.26 Å². The molecule has 0 atom stereocenters. The van der Waals surface area contributed by atoms with Gasteiger partial charge in [0.1, 0.15) is 5.69 Å². The molecule has 0 aromatic carbocycles. The maximum atomic E-state index is 12.5. The van der Waals surface area contributed by atoms with Crippen molar-refractivity contribution < 1.29 is 8.78 Å². The van der Waals surface area contributed by atoms with Gasteiger partial charge in [0.05, 0.1) is 21.8 Å². The van der Waals surface area contributed by atoms with Gasteiger partial charge in [-0.25, -0.2) is 13.8 Å². The van der Waals surface area contributed by atoms with E-state index in [0.29, 0.717) is 13.7 Å². The molecule has 1 aromatic rings. The minimum atomic E-state index is -2.61. The van der Waals surface area contributed by atoms with Crippen LogP contribution in [0, 0.1) is 14.9 Å². The Kier molecular flexibility index (Phi) is 4.19. The van der Waals surface area contributed by atoms with Gasteiger partial charge in [-0.05, 0) is 44.6 Å². The van der Waals surface area contributed by atoms with Gasteiger partial charge in [-0.2, -0.15) is 5.26 Å². The Balaban J connectivity index is 3.22. The Morgan fingerprint density at radius 1 is 1.64 bits per heavy atom. The predicted molar refractivity (Wildman–Crippen MR) is 58.9 cm³/mol. The van der Waals surface area contributed by atoms with Crippen molar-refractivity contribution in [3.63, 3.8) is 0 Å². The van der Waals surface area contributed by atoms with Crippen LogP contribution in [0.25, 0.3) is 0 Å². The largest absolute Gasteiger partial charge is 0.281 e. The van der Waals surface area contributed by atoms with Gasteiger partial charge in [-0.1, -0.05) is 0 Å². The maximum Gasteiger partial charge on any atom is 0.281 e. The standard InChI is InChI=1S/C8H4BrF2IN2/c9-5-3-4(1-2-13)14-7(6(5)12)8(10)11/h3,8H,1H2. The van der Waals surface area contributed by atoms with E-state index < -0.39 is 6.43 Å². The smallest absolute Gasteiger partial charge is 0.250 e. The average Bonchev–Trinajstić information content (AvgIpc) is 2.11. The van der Waals surface area contributed by atoms with E-state index in [2.05, 4.69) is 20.9 Å². The number of nitriles is 1. The first-order valence-electron chi connectivity index (χ1n) is 3.56. The molecule has 0 amide bonds. The minimum absolute atomic E-state index is 0.0369. The molecule has 1 aromatic heterocycles. The number of hydrogen-bond acceptors (Lipinski definition) is 2. The molecule has 0 aliphatic carbocycles. The Morgan fingerprint density at radius 3 is 2.79 bits per heavy atom. The Hall–Kier alpha value is -0.290. The van der Waals surface area contributed by atoms with Crippen LogP contribution in [0.3, 0.4) is 0 Å². The molecule has 74 valence electrons. The third-order valence-corrected chi connectivity index (χ3v) is 3.96. The Labute approximate surface area is 102 Å². The van der Waals surface area contributed by atoms with Gasteiger partial charge in [0.15, 0.2) is 0 Å². The highest BCUT2D eigenvalue weighted by molar-refractivity contribution is 14.1. The molecule has 0 saturated heterocycles. The van der Waals surface area contributed by atoms with Crippen LogP contribution in [-0.2, 0) is 6.42 Å². The molecule has 0 unspecified atom stereocenters. The quantitative estimate of drug-likeness (QED) is 0.745. The molecule has 0 saturated carbocycles. The van der Waals surface area contributed by atoms with Gasteiger partial charge in [-0.3, -0.25) is 0 Å². The normalized spacial score (nSPS) is 10.3. The number of rotatable bonds is 2. The number of nitrogens with zero attached hydrogens (tertiary/aromatic N) is 2. The van der Waals surface area contributed by atoms with Gasteiger partial charge < -0.3 is 0 Å². The van der Waals surface area contributed by atoms with Crippen LogP contribution in [0.5, 0.6) is 0 Å². The second-order valence-electron chi connectivity index (χ2n) is 2.43. The first-order chi connectivity index (χ1) is 6.56. The van der Waals surface area contributed by atoms with Gasteiger partial charge in [0, 0.05) is 4.47 Å². The second kappa shape index (κ2) is 4.98. The van der Waals surface area contributed by atoms with Crippen molar-refractivity contribution in [2.45, 2.75) is 12.8 Å². The SMILES string of the molecule is N#CCc1cc(Br)c(I)c(C(F)F)n1. The summed E-state index contributed by atoms with van der Waals surface area (Å²) in [7, 11) is 0. The van der Waals surface area contributed by atoms with Crippen molar-refractivity contribution in [1.29, 1.82) is 5.26 Å². The Morgan fingerprint density at radius 2 is 2.29 bits per heavy atom. The van der Waals surface area contributed by atoms with Gasteiger partial charge in [-0.15, -0.1) is 0 Å². The van der Waals surface area contributed by atoms with E-state index >= 15 is 0 Å². The van der Waals surface area contributed by atoms with Gasteiger partial charge in [0.25, 0.3) is 6.43 Å². The summed E-state index contributed by atoms with van der Waals surface area (Å²) < 4.78 is 25.9. The summed E-state index contributed by atoms with van der Waals surface area (Å²) in [6, 6.07) is 3.45. The topological polar surface area (TPSA) is 36.7 Å². The van der Waals surface area contributed by atoms with Crippen molar-refractivity contribution in [1.82, 2.24) is 4.98 Å². The van der Waals surface area contributed by atoms with Crippen molar-refractivity contribution in [3.8, 4) is 6.07 Å². The van der Waals surface area contributed by atoms with Crippen molar-refractivity contribution in [3.05, 3.63) is 25.5 Å². The molecule has 1 heterocycles. The summed E-state index contributed by atoms with van der Waals surface area (Å²) in [4.78, 5) is 3.71. The molecule has 0 N–H and O–H groups in total. The molecule has 0 fully saturated rings. The highest BCUT2D eigenvalue weighted by atomic mass is 127. The average molecular weight is 373 g/mol. The zero-order chi connectivity index (χ0) is 10.7. The fourth-order valence-corrected chi connectivity index (χ4v) is 1.86. The molecule has 1 rings (SSSR count). The lowest BCUT2D eigenvalue weighted by atomic mass is 10.2. The van der Waals surface area contributed by atoms with Crippen molar-refractivity contribution in [2.24, 2.45) is 0 Å². The lowest BCUT2D eigenvalue weighted by Crippen LogP contribution is -2.00. The third-order valence-electron chi connectivity index (χ3n) is 1.46. The van der Waals surface area contributed by atoms with E-state index in [1.165, 1.54) is 0 Å². The summed E-state index contributed by atoms with van der Waals surface area (Å²) in [6.45, 7) is 0. The molecular weight excluding hydrogens is 369 g/mol. The van der Waals surface area contributed by atoms with Crippen LogP contribution in [0.4, 0.5) is 8.78 Å². The minimum Gasteiger partial charge on any atom is -0.250 e. The zero-order valence-electron chi connectivity index (χ0n) is 6.77. The van der Waals surface area contributed by atoms with Gasteiger partial charge in [0.2, 0.25) is 0 Å². The first-order valence-corrected chi connectivity index (χ1v) is 5.43. The van der Waals surface area contributed by atoms with Crippen LogP contribution in [0.15, 0.2) is 10.5 Å². The fraction of sp³-hybridized carbons (Fsp3) is 0.250. The summed E-state index contributed by atoms with van der Waals surface area (Å²) in [5, 5.41) is 8.41. The number of pyridine rings is 1. The highest BCUT2D eigenvalue weighted by Crippen LogP contribution is 2.29. The van der Waals surface area contributed by atoms with Crippen molar-refractivity contribution in [2.75, 3.05) is 0 Å². The number of aromatic nitrogens is 1. The second-order valence-corrected chi connectivity index (χ2v) is 4.36. The molecule has 6 heteroatoms. The van der Waals surface area contributed by atoms with Crippen LogP contribution in [-0.4, -0.2) is 4.98 Å². The summed E-state index contributed by atoms with van der Waals surface area (Å²) >= 11 is 4.94. The van der Waals surface area contributed by atoms with Crippen molar-refractivity contribution >= 4 is 38.5 Å². The monoisotopic (exact) mass is 372 g/mol. The maximum absolute atomic E-state index is 12.5. The molecule has 2 nitrogen and oxygen atoms in total. The summed E-state index contributed by atoms with van der Waals surface area (Å²) in [5.74, 6) is 0. The van der Waals surface area contributed by atoms with E-state index in [1.807, 2.05) is 6.07 Å². The lowest BCUT2D eigenvalue weighted by molar-refractivity contribution is 0.144. The first kappa shape index (κ1) is 11.8. The third kappa shape index (κ3) is 2.60. The van der Waals surface area contributed by atoms with Crippen LogP contribution < -0.4 is 0 Å². The molecule has 0 spiro atoms. The Bertz CT molecular complexity index is 390. The molecule has 0 bridgehead atoms. The molecule has 0 aliphatic heterocycles. The lowest BCUT2D eigenvalue weighted by Gasteiger charge is -2.06. The molecular formula is C8H4BrF2IN2. The van der Waals surface area contributed by atoms with E-state index in [1.54, 1.807) is 28.7 Å². The predicted octanol–water partition coefficient (Wildman–Crippen LogP) is 3.45. The molecule has 0 radical (unpaired) electrons. The summed E-state index contributed by atoms with van der Waals surface area (Å²) in [6.07, 6.45) is -2.58. The van der Waals surface area contributed by atoms with E-state index in [9.17, 15) is 8.78 Å². The number of hydrogen-bond donors (Lipinski definition) is 0. The van der Waals surface area contributed by atoms with Crippen LogP contribution >= 0.6 is 38.5 Å². The van der Waals surface area contributed by atoms with Crippen LogP contribution in [0.2, 0.25) is 0 Å². The van der Waals surface area contributed by atoms with Crippen LogP contribution in [0.1, 0.15) is 17.8 Å². The summed E-state index contributed by atoms with van der Waals surface area (Å²) in [5.41, 5.74) is 0.0836. The molecule has 0 aliphatic rings. The highest BCUT2D eigenvalue weighted by Gasteiger charge is 2.16. The van der Waals surface area contributed by atoms with Gasteiger partial charge >= 0.3 is 0 Å².